The topological polar surface area (TPSA) is 86.3 Å². The van der Waals surface area contributed by atoms with Gasteiger partial charge in [0.1, 0.15) is 18.2 Å². The normalized spacial score (nSPS) is 13.5. The molecule has 0 aromatic heterocycles. The minimum Gasteiger partial charge on any atom is -0.493 e. The number of carbonyl (C=O) groups excluding carboxylic acids is 1. The van der Waals surface area contributed by atoms with Crippen molar-refractivity contribution in [2.75, 3.05) is 20.2 Å². The van der Waals surface area contributed by atoms with Crippen LogP contribution in [0.4, 0.5) is 0 Å². The van der Waals surface area contributed by atoms with Crippen molar-refractivity contribution in [3.05, 3.63) is 63.7 Å². The quantitative estimate of drug-likeness (QED) is 0.511. The number of amides is 1. The number of methoxy groups -OCH3 is 1. The lowest BCUT2D eigenvalue weighted by Gasteiger charge is -2.15. The first-order chi connectivity index (χ1) is 14.6. The van der Waals surface area contributed by atoms with Crippen molar-refractivity contribution in [2.24, 2.45) is 0 Å². The Morgan fingerprint density at radius 3 is 2.63 bits per heavy atom. The highest BCUT2D eigenvalue weighted by molar-refractivity contribution is 6.32. The summed E-state index contributed by atoms with van der Waals surface area (Å²) in [6.07, 6.45) is 3.40. The van der Waals surface area contributed by atoms with Gasteiger partial charge in [0, 0.05) is 18.7 Å². The van der Waals surface area contributed by atoms with E-state index in [0.717, 1.165) is 18.4 Å². The van der Waals surface area contributed by atoms with Gasteiger partial charge in [-0.05, 0) is 42.7 Å². The van der Waals surface area contributed by atoms with Gasteiger partial charge < -0.3 is 14.4 Å². The number of halogens is 1. The van der Waals surface area contributed by atoms with Gasteiger partial charge in [0.05, 0.1) is 23.8 Å². The van der Waals surface area contributed by atoms with Gasteiger partial charge in [0.25, 0.3) is 5.91 Å². The molecule has 7 heteroatoms. The molecular weight excluding hydrogens is 402 g/mol. The van der Waals surface area contributed by atoms with E-state index in [4.69, 9.17) is 21.1 Å². The molecule has 1 saturated heterocycles. The van der Waals surface area contributed by atoms with Gasteiger partial charge in [-0.3, -0.25) is 4.79 Å². The summed E-state index contributed by atoms with van der Waals surface area (Å²) in [6.45, 7) is 1.48. The van der Waals surface area contributed by atoms with Crippen LogP contribution in [0, 0.1) is 22.7 Å². The number of hydrogen-bond acceptors (Lipinski definition) is 5. The molecule has 0 aliphatic carbocycles. The lowest BCUT2D eigenvalue weighted by Crippen LogP contribution is -2.28. The van der Waals surface area contributed by atoms with Gasteiger partial charge in [-0.15, -0.1) is 0 Å². The van der Waals surface area contributed by atoms with Crippen molar-refractivity contribution in [2.45, 2.75) is 19.4 Å². The zero-order chi connectivity index (χ0) is 21.5. The maximum atomic E-state index is 12.5. The van der Waals surface area contributed by atoms with Crippen LogP contribution >= 0.6 is 11.6 Å². The summed E-state index contributed by atoms with van der Waals surface area (Å²) >= 11 is 6.41. The second-order valence-corrected chi connectivity index (χ2v) is 7.17. The Morgan fingerprint density at radius 1 is 1.23 bits per heavy atom. The number of benzene rings is 2. The Hall–Kier alpha value is -3.48. The molecule has 1 fully saturated rings. The van der Waals surface area contributed by atoms with Crippen molar-refractivity contribution in [3.63, 3.8) is 0 Å². The van der Waals surface area contributed by atoms with Gasteiger partial charge in [-0.2, -0.15) is 10.5 Å². The first-order valence-corrected chi connectivity index (χ1v) is 9.84. The van der Waals surface area contributed by atoms with Gasteiger partial charge in [-0.25, -0.2) is 0 Å². The Morgan fingerprint density at radius 2 is 1.97 bits per heavy atom. The summed E-state index contributed by atoms with van der Waals surface area (Å²) in [7, 11) is 1.48. The van der Waals surface area contributed by atoms with Crippen molar-refractivity contribution in [1.29, 1.82) is 10.5 Å². The Balaban J connectivity index is 1.85. The maximum Gasteiger partial charge on any atom is 0.264 e. The fourth-order valence-electron chi connectivity index (χ4n) is 3.27. The molecule has 152 valence electrons. The molecule has 2 aromatic carbocycles. The second kappa shape index (κ2) is 9.82. The summed E-state index contributed by atoms with van der Waals surface area (Å²) in [5.74, 6) is 0.418. The third-order valence-corrected chi connectivity index (χ3v) is 5.10. The molecule has 0 radical (unpaired) electrons. The zero-order valence-corrected chi connectivity index (χ0v) is 17.3. The molecule has 6 nitrogen and oxygen atoms in total. The van der Waals surface area contributed by atoms with E-state index in [9.17, 15) is 15.3 Å². The zero-order valence-electron chi connectivity index (χ0n) is 16.5. The average Bonchev–Trinajstić information content (AvgIpc) is 3.31. The smallest absolute Gasteiger partial charge is 0.264 e. The number of nitriles is 2. The average molecular weight is 422 g/mol. The molecule has 30 heavy (non-hydrogen) atoms. The number of rotatable bonds is 6. The Labute approximate surface area is 180 Å². The summed E-state index contributed by atoms with van der Waals surface area (Å²) < 4.78 is 11.2. The lowest BCUT2D eigenvalue weighted by atomic mass is 10.1. The summed E-state index contributed by atoms with van der Waals surface area (Å²) in [4.78, 5) is 14.2. The van der Waals surface area contributed by atoms with Crippen LogP contribution in [0.3, 0.4) is 0 Å². The van der Waals surface area contributed by atoms with E-state index in [-0.39, 0.29) is 23.1 Å². The fraction of sp³-hybridized carbons (Fsp3) is 0.261. The Kier molecular flexibility index (Phi) is 6.95. The molecule has 1 heterocycles. The molecule has 1 aliphatic rings. The van der Waals surface area contributed by atoms with E-state index in [1.165, 1.54) is 13.2 Å². The molecule has 0 unspecified atom stereocenters. The molecule has 1 aliphatic heterocycles. The third kappa shape index (κ3) is 4.74. The number of likely N-dealkylation sites (tertiary alicyclic amines) is 1. The van der Waals surface area contributed by atoms with E-state index in [1.807, 2.05) is 12.1 Å². The van der Waals surface area contributed by atoms with Crippen LogP contribution in [-0.4, -0.2) is 31.0 Å². The van der Waals surface area contributed by atoms with Crippen molar-refractivity contribution < 1.29 is 14.3 Å². The number of hydrogen-bond donors (Lipinski definition) is 0. The second-order valence-electron chi connectivity index (χ2n) is 6.76. The molecular formula is C23H20ClN3O3. The molecule has 0 spiro atoms. The first-order valence-electron chi connectivity index (χ1n) is 9.46. The van der Waals surface area contributed by atoms with Crippen LogP contribution in [0.25, 0.3) is 6.08 Å². The van der Waals surface area contributed by atoms with Crippen molar-refractivity contribution >= 4 is 23.6 Å². The summed E-state index contributed by atoms with van der Waals surface area (Å²) in [5.41, 5.74) is 1.86. The predicted octanol–water partition coefficient (Wildman–Crippen LogP) is 4.33. The predicted molar refractivity (Wildman–Crippen MR) is 113 cm³/mol. The van der Waals surface area contributed by atoms with E-state index >= 15 is 0 Å². The van der Waals surface area contributed by atoms with Crippen molar-refractivity contribution in [1.82, 2.24) is 4.90 Å². The van der Waals surface area contributed by atoms with Crippen molar-refractivity contribution in [3.8, 4) is 23.6 Å². The molecule has 3 rings (SSSR count). The van der Waals surface area contributed by atoms with Crippen LogP contribution in [0.15, 0.2) is 42.0 Å². The van der Waals surface area contributed by atoms with Crippen LogP contribution in [0.5, 0.6) is 11.5 Å². The molecule has 0 atom stereocenters. The van der Waals surface area contributed by atoms with E-state index < -0.39 is 0 Å². The van der Waals surface area contributed by atoms with E-state index in [0.29, 0.717) is 35.7 Å². The molecule has 0 saturated carbocycles. The first kappa shape index (κ1) is 21.2. The van der Waals surface area contributed by atoms with Gasteiger partial charge >= 0.3 is 0 Å². The minimum absolute atomic E-state index is 0.0478. The van der Waals surface area contributed by atoms with Crippen LogP contribution in [0.1, 0.15) is 29.5 Å². The molecule has 2 aromatic rings. The van der Waals surface area contributed by atoms with Gasteiger partial charge in [0.15, 0.2) is 11.5 Å². The standard InChI is InChI=1S/C23H20ClN3O3/c1-29-21-12-16(10-19(14-26)23(28)27-8-4-5-9-27)11-20(24)22(21)30-15-18-7-3-2-6-17(18)13-25/h2-3,6-7,10-12H,4-5,8-9,15H2,1H3/b19-10+. The number of nitrogens with zero attached hydrogens (tertiary/aromatic N) is 3. The highest BCUT2D eigenvalue weighted by Gasteiger charge is 2.22. The Bertz CT molecular complexity index is 1060. The fourth-order valence-corrected chi connectivity index (χ4v) is 3.54. The van der Waals surface area contributed by atoms with Gasteiger partial charge in [0.2, 0.25) is 0 Å². The molecule has 0 N–H and O–H groups in total. The van der Waals surface area contributed by atoms with Gasteiger partial charge in [-0.1, -0.05) is 29.8 Å². The third-order valence-electron chi connectivity index (χ3n) is 4.82. The van der Waals surface area contributed by atoms with Crippen LogP contribution in [-0.2, 0) is 11.4 Å². The molecule has 1 amide bonds. The minimum atomic E-state index is -0.279. The largest absolute Gasteiger partial charge is 0.493 e. The highest BCUT2D eigenvalue weighted by Crippen LogP contribution is 2.37. The highest BCUT2D eigenvalue weighted by atomic mass is 35.5. The summed E-state index contributed by atoms with van der Waals surface area (Å²) in [6, 6.07) is 14.5. The lowest BCUT2D eigenvalue weighted by molar-refractivity contribution is -0.125. The van der Waals surface area contributed by atoms with Crippen LogP contribution < -0.4 is 9.47 Å². The maximum absolute atomic E-state index is 12.5. The van der Waals surface area contributed by atoms with E-state index in [2.05, 4.69) is 6.07 Å². The number of carbonyl (C=O) groups is 1. The summed E-state index contributed by atoms with van der Waals surface area (Å²) in [5, 5.41) is 18.9. The monoisotopic (exact) mass is 421 g/mol. The SMILES string of the molecule is COc1cc(/C=C(\C#N)C(=O)N2CCCC2)cc(Cl)c1OCc1ccccc1C#N. The van der Waals surface area contributed by atoms with E-state index in [1.54, 1.807) is 35.2 Å². The number of ether oxygens (including phenoxy) is 2. The van der Waals surface area contributed by atoms with Crippen LogP contribution in [0.2, 0.25) is 5.02 Å². The molecule has 0 bridgehead atoms.